The molecule has 0 bridgehead atoms. The molecule has 8 nitrogen and oxygen atoms in total. The third kappa shape index (κ3) is 3.48. The second-order valence-electron chi connectivity index (χ2n) is 7.94. The van der Waals surface area contributed by atoms with Crippen LogP contribution in [0.5, 0.6) is 5.75 Å². The van der Waals surface area contributed by atoms with Crippen molar-refractivity contribution in [3.8, 4) is 5.75 Å². The van der Waals surface area contributed by atoms with Crippen molar-refractivity contribution in [3.05, 3.63) is 35.1 Å². The fraction of sp³-hybridized carbons (Fsp3) is 0.364. The molecule has 0 radical (unpaired) electrons. The van der Waals surface area contributed by atoms with Crippen LogP contribution in [0.1, 0.15) is 23.8 Å². The van der Waals surface area contributed by atoms with E-state index < -0.39 is 0 Å². The minimum atomic E-state index is 0.0352. The lowest BCUT2D eigenvalue weighted by Gasteiger charge is -2.24. The van der Waals surface area contributed by atoms with Crippen molar-refractivity contribution in [1.29, 1.82) is 0 Å². The van der Waals surface area contributed by atoms with Crippen molar-refractivity contribution >= 4 is 49.9 Å². The highest BCUT2D eigenvalue weighted by Gasteiger charge is 2.30. The molecule has 9 heteroatoms. The van der Waals surface area contributed by atoms with E-state index in [4.69, 9.17) is 4.74 Å². The van der Waals surface area contributed by atoms with Crippen molar-refractivity contribution in [3.63, 3.8) is 0 Å². The molecule has 3 heterocycles. The molecule has 0 saturated carbocycles. The van der Waals surface area contributed by atoms with Crippen molar-refractivity contribution in [1.82, 2.24) is 25.1 Å². The number of H-pyrrole nitrogens is 1. The third-order valence-corrected chi connectivity index (χ3v) is 6.89. The van der Waals surface area contributed by atoms with E-state index in [0.29, 0.717) is 6.61 Å². The van der Waals surface area contributed by atoms with Gasteiger partial charge in [-0.05, 0) is 37.8 Å². The van der Waals surface area contributed by atoms with E-state index in [0.717, 1.165) is 57.6 Å². The smallest absolute Gasteiger partial charge is 0.225 e. The molecule has 1 aromatic carbocycles. The number of aromatic nitrogens is 4. The van der Waals surface area contributed by atoms with Crippen LogP contribution in [-0.4, -0.2) is 51.7 Å². The summed E-state index contributed by atoms with van der Waals surface area (Å²) in [4.78, 5) is 25.4. The molecule has 0 fully saturated rings. The minimum absolute atomic E-state index is 0.0352. The standard InChI is InChI=1S/C22H24N6O2S/c1-4-30-17-9-15-13(10-25-27-15)7-16(17)26-20-19-14-6-5-12(22(29)28(2)3)8-18(14)31-21(19)24-11-23-20/h7,9-12H,4-6,8H2,1-3H3,(H,25,27)(H,23,24,26). The van der Waals surface area contributed by atoms with E-state index in [1.165, 1.54) is 10.4 Å². The van der Waals surface area contributed by atoms with E-state index in [1.807, 2.05) is 33.2 Å². The Hall–Kier alpha value is -3.20. The lowest BCUT2D eigenvalue weighted by molar-refractivity contribution is -0.133. The summed E-state index contributed by atoms with van der Waals surface area (Å²) < 4.78 is 5.86. The number of ether oxygens (including phenoxy) is 1. The zero-order valence-electron chi connectivity index (χ0n) is 17.7. The molecule has 4 aromatic rings. The first-order valence-corrected chi connectivity index (χ1v) is 11.2. The predicted molar refractivity (Wildman–Crippen MR) is 122 cm³/mol. The zero-order chi connectivity index (χ0) is 21.5. The van der Waals surface area contributed by atoms with Gasteiger partial charge in [0.2, 0.25) is 5.91 Å². The van der Waals surface area contributed by atoms with Crippen molar-refractivity contribution < 1.29 is 9.53 Å². The Morgan fingerprint density at radius 2 is 2.23 bits per heavy atom. The van der Waals surface area contributed by atoms with Crippen LogP contribution in [0.15, 0.2) is 24.7 Å². The molecular weight excluding hydrogens is 412 g/mol. The van der Waals surface area contributed by atoms with Gasteiger partial charge in [0.05, 0.1) is 29.4 Å². The fourth-order valence-electron chi connectivity index (χ4n) is 4.25. The van der Waals surface area contributed by atoms with Crippen molar-refractivity contribution in [2.75, 3.05) is 26.0 Å². The van der Waals surface area contributed by atoms with Gasteiger partial charge in [-0.1, -0.05) is 0 Å². The summed E-state index contributed by atoms with van der Waals surface area (Å²) in [5.74, 6) is 1.74. The van der Waals surface area contributed by atoms with Gasteiger partial charge in [-0.25, -0.2) is 9.97 Å². The number of fused-ring (bicyclic) bond motifs is 4. The van der Waals surface area contributed by atoms with E-state index >= 15 is 0 Å². The lowest BCUT2D eigenvalue weighted by atomic mass is 9.87. The summed E-state index contributed by atoms with van der Waals surface area (Å²) in [5, 5.41) is 12.6. The number of nitrogens with one attached hydrogen (secondary N) is 2. The van der Waals surface area contributed by atoms with Gasteiger partial charge >= 0.3 is 0 Å². The number of benzene rings is 1. The van der Waals surface area contributed by atoms with Crippen LogP contribution in [0.2, 0.25) is 0 Å². The van der Waals surface area contributed by atoms with E-state index in [-0.39, 0.29) is 11.8 Å². The topological polar surface area (TPSA) is 96.0 Å². The van der Waals surface area contributed by atoms with Crippen molar-refractivity contribution in [2.45, 2.75) is 26.2 Å². The average molecular weight is 437 g/mol. The Morgan fingerprint density at radius 1 is 1.35 bits per heavy atom. The third-order valence-electron chi connectivity index (χ3n) is 5.73. The van der Waals surface area contributed by atoms with Gasteiger partial charge in [-0.15, -0.1) is 11.3 Å². The van der Waals surface area contributed by atoms with Crippen LogP contribution in [0.4, 0.5) is 11.5 Å². The Balaban J connectivity index is 1.54. The number of hydrogen-bond acceptors (Lipinski definition) is 7. The van der Waals surface area contributed by atoms with Gasteiger partial charge in [0.25, 0.3) is 0 Å². The highest BCUT2D eigenvalue weighted by molar-refractivity contribution is 7.19. The summed E-state index contributed by atoms with van der Waals surface area (Å²) >= 11 is 1.67. The van der Waals surface area contributed by atoms with Crippen LogP contribution in [0, 0.1) is 5.92 Å². The van der Waals surface area contributed by atoms with Gasteiger partial charge < -0.3 is 15.0 Å². The minimum Gasteiger partial charge on any atom is -0.492 e. The van der Waals surface area contributed by atoms with Gasteiger partial charge in [0.1, 0.15) is 22.7 Å². The number of anilines is 2. The van der Waals surface area contributed by atoms with Gasteiger partial charge in [-0.3, -0.25) is 9.89 Å². The first-order chi connectivity index (χ1) is 15.0. The first-order valence-electron chi connectivity index (χ1n) is 10.4. The second kappa shape index (κ2) is 7.81. The quantitative estimate of drug-likeness (QED) is 0.493. The number of nitrogens with zero attached hydrogens (tertiary/aromatic N) is 4. The highest BCUT2D eigenvalue weighted by atomic mass is 32.1. The Bertz CT molecular complexity index is 1280. The summed E-state index contributed by atoms with van der Waals surface area (Å²) in [5.41, 5.74) is 3.02. The fourth-order valence-corrected chi connectivity index (χ4v) is 5.52. The molecule has 1 aliphatic carbocycles. The molecule has 160 valence electrons. The summed E-state index contributed by atoms with van der Waals surface area (Å²) in [7, 11) is 3.64. The van der Waals surface area contributed by atoms with Gasteiger partial charge in [-0.2, -0.15) is 5.10 Å². The molecule has 0 spiro atoms. The lowest BCUT2D eigenvalue weighted by Crippen LogP contribution is -2.32. The Kier molecular flexibility index (Phi) is 4.97. The maximum atomic E-state index is 12.5. The maximum absolute atomic E-state index is 12.5. The molecular formula is C22H24N6O2S. The summed E-state index contributed by atoms with van der Waals surface area (Å²) in [6.07, 6.45) is 5.83. The molecule has 1 atom stereocenters. The van der Waals surface area contributed by atoms with Crippen LogP contribution >= 0.6 is 11.3 Å². The van der Waals surface area contributed by atoms with Crippen LogP contribution in [0.3, 0.4) is 0 Å². The molecule has 31 heavy (non-hydrogen) atoms. The van der Waals surface area contributed by atoms with Crippen LogP contribution in [0.25, 0.3) is 21.1 Å². The molecule has 2 N–H and O–H groups in total. The SMILES string of the molecule is CCOc1cc2[nH]ncc2cc1Nc1ncnc2sc3c(c12)CCC(C(=O)N(C)C)C3. The number of carbonyl (C=O) groups excluding carboxylic acids is 1. The number of thiophene rings is 1. The average Bonchev–Trinajstić information content (AvgIpc) is 3.37. The van der Waals surface area contributed by atoms with Crippen molar-refractivity contribution in [2.24, 2.45) is 5.92 Å². The van der Waals surface area contributed by atoms with E-state index in [9.17, 15) is 4.79 Å². The summed E-state index contributed by atoms with van der Waals surface area (Å²) in [6, 6.07) is 3.97. The molecule has 3 aromatic heterocycles. The van der Waals surface area contributed by atoms with Gasteiger partial charge in [0, 0.05) is 36.3 Å². The molecule has 0 saturated heterocycles. The number of amides is 1. The number of carbonyl (C=O) groups is 1. The van der Waals surface area contributed by atoms with Crippen LogP contribution < -0.4 is 10.1 Å². The predicted octanol–water partition coefficient (Wildman–Crippen LogP) is 3.90. The van der Waals surface area contributed by atoms with E-state index in [1.54, 1.807) is 28.8 Å². The monoisotopic (exact) mass is 436 g/mol. The summed E-state index contributed by atoms with van der Waals surface area (Å²) in [6.45, 7) is 2.52. The molecule has 1 unspecified atom stereocenters. The molecule has 0 aliphatic heterocycles. The molecule has 1 amide bonds. The number of aryl methyl sites for hydroxylation is 1. The highest BCUT2D eigenvalue weighted by Crippen LogP contribution is 2.41. The van der Waals surface area contributed by atoms with Crippen LogP contribution in [-0.2, 0) is 17.6 Å². The van der Waals surface area contributed by atoms with Gasteiger partial charge in [0.15, 0.2) is 0 Å². The van der Waals surface area contributed by atoms with E-state index in [2.05, 4.69) is 25.5 Å². The largest absolute Gasteiger partial charge is 0.492 e. The molecule has 5 rings (SSSR count). The normalized spacial score (nSPS) is 15.8. The number of rotatable bonds is 5. The Labute approximate surface area is 183 Å². The number of hydrogen-bond donors (Lipinski definition) is 2. The Morgan fingerprint density at radius 3 is 3.03 bits per heavy atom. The first kappa shape index (κ1) is 19.7. The second-order valence-corrected chi connectivity index (χ2v) is 9.03. The molecule has 1 aliphatic rings. The maximum Gasteiger partial charge on any atom is 0.225 e. The zero-order valence-corrected chi connectivity index (χ0v) is 18.5. The number of aromatic amines is 1.